The second-order valence-corrected chi connectivity index (χ2v) is 7.24. The summed E-state index contributed by atoms with van der Waals surface area (Å²) in [7, 11) is 0. The Labute approximate surface area is 157 Å². The van der Waals surface area contributed by atoms with Crippen molar-refractivity contribution >= 4 is 0 Å². The van der Waals surface area contributed by atoms with E-state index < -0.39 is 0 Å². The SMILES string of the molecule is CCCc1ccc([C@H]2CC[C@H](/C=C/C#Cc3ccc(F)cc3)CC2)cc1. The van der Waals surface area contributed by atoms with Gasteiger partial charge in [-0.15, -0.1) is 0 Å². The fraction of sp³-hybridized carbons (Fsp3) is 0.360. The van der Waals surface area contributed by atoms with Crippen molar-refractivity contribution in [1.29, 1.82) is 0 Å². The Kier molecular flexibility index (Phi) is 6.67. The second kappa shape index (κ2) is 9.39. The molecule has 0 unspecified atom stereocenters. The molecule has 0 saturated heterocycles. The van der Waals surface area contributed by atoms with Crippen LogP contribution in [0.4, 0.5) is 4.39 Å². The summed E-state index contributed by atoms with van der Waals surface area (Å²) in [5, 5.41) is 0. The Morgan fingerprint density at radius 3 is 2.31 bits per heavy atom. The van der Waals surface area contributed by atoms with E-state index >= 15 is 0 Å². The van der Waals surface area contributed by atoms with Crippen molar-refractivity contribution in [3.63, 3.8) is 0 Å². The van der Waals surface area contributed by atoms with Gasteiger partial charge in [-0.1, -0.05) is 55.5 Å². The predicted molar refractivity (Wildman–Crippen MR) is 108 cm³/mol. The van der Waals surface area contributed by atoms with Crippen molar-refractivity contribution in [3.8, 4) is 11.8 Å². The minimum Gasteiger partial charge on any atom is -0.207 e. The molecule has 0 aromatic heterocycles. The summed E-state index contributed by atoms with van der Waals surface area (Å²) in [6, 6.07) is 15.6. The molecule has 1 saturated carbocycles. The zero-order chi connectivity index (χ0) is 18.2. The van der Waals surface area contributed by atoms with Gasteiger partial charge in [0.15, 0.2) is 0 Å². The van der Waals surface area contributed by atoms with Crippen LogP contribution in [0, 0.1) is 23.6 Å². The van der Waals surface area contributed by atoms with Crippen molar-refractivity contribution in [2.45, 2.75) is 51.4 Å². The van der Waals surface area contributed by atoms with Crippen molar-refractivity contribution < 1.29 is 4.39 Å². The summed E-state index contributed by atoms with van der Waals surface area (Å²) in [6.07, 6.45) is 11.6. The lowest BCUT2D eigenvalue weighted by Gasteiger charge is -2.27. The zero-order valence-electron chi connectivity index (χ0n) is 15.5. The molecule has 0 amide bonds. The van der Waals surface area contributed by atoms with Crippen LogP contribution in [-0.2, 0) is 6.42 Å². The Bertz CT molecular complexity index is 764. The molecule has 1 aliphatic carbocycles. The van der Waals surface area contributed by atoms with E-state index in [9.17, 15) is 4.39 Å². The van der Waals surface area contributed by atoms with Gasteiger partial charge in [0.05, 0.1) is 0 Å². The van der Waals surface area contributed by atoms with Gasteiger partial charge in [-0.05, 0) is 85.4 Å². The van der Waals surface area contributed by atoms with E-state index in [-0.39, 0.29) is 5.82 Å². The average Bonchev–Trinajstić information content (AvgIpc) is 2.68. The molecule has 0 aliphatic heterocycles. The van der Waals surface area contributed by atoms with Gasteiger partial charge in [0.2, 0.25) is 0 Å². The number of hydrogen-bond donors (Lipinski definition) is 0. The maximum Gasteiger partial charge on any atom is 0.123 e. The van der Waals surface area contributed by atoms with E-state index in [4.69, 9.17) is 0 Å². The molecule has 1 heteroatoms. The summed E-state index contributed by atoms with van der Waals surface area (Å²) in [4.78, 5) is 0. The summed E-state index contributed by atoms with van der Waals surface area (Å²) in [5.74, 6) is 7.26. The first kappa shape index (κ1) is 18.5. The van der Waals surface area contributed by atoms with Gasteiger partial charge in [-0.25, -0.2) is 4.39 Å². The van der Waals surface area contributed by atoms with Crippen LogP contribution in [0.2, 0.25) is 0 Å². The first-order valence-electron chi connectivity index (χ1n) is 9.77. The first-order valence-corrected chi connectivity index (χ1v) is 9.77. The standard InChI is InChI=1S/C25H27F/c1-2-5-20-8-14-23(15-9-20)24-16-10-21(11-17-24)6-3-4-7-22-12-18-25(26)19-13-22/h3,6,8-9,12-15,18-19,21,24H,2,5,10-11,16-17H2,1H3/b6-3+/t21-,24-. The molecule has 26 heavy (non-hydrogen) atoms. The number of hydrogen-bond acceptors (Lipinski definition) is 0. The monoisotopic (exact) mass is 346 g/mol. The minimum atomic E-state index is -0.220. The van der Waals surface area contributed by atoms with E-state index in [1.165, 1.54) is 61.8 Å². The highest BCUT2D eigenvalue weighted by molar-refractivity contribution is 5.37. The van der Waals surface area contributed by atoms with Crippen molar-refractivity contribution in [2.75, 3.05) is 0 Å². The number of halogens is 1. The van der Waals surface area contributed by atoms with Crippen LogP contribution in [0.5, 0.6) is 0 Å². The number of rotatable bonds is 4. The van der Waals surface area contributed by atoms with Gasteiger partial charge >= 0.3 is 0 Å². The van der Waals surface area contributed by atoms with Crippen LogP contribution < -0.4 is 0 Å². The van der Waals surface area contributed by atoms with Gasteiger partial charge in [-0.3, -0.25) is 0 Å². The predicted octanol–water partition coefficient (Wildman–Crippen LogP) is 6.66. The largest absolute Gasteiger partial charge is 0.207 e. The summed E-state index contributed by atoms with van der Waals surface area (Å²) < 4.78 is 12.9. The smallest absolute Gasteiger partial charge is 0.123 e. The molecule has 0 heterocycles. The van der Waals surface area contributed by atoms with Crippen LogP contribution in [-0.4, -0.2) is 0 Å². The quantitative estimate of drug-likeness (QED) is 0.543. The van der Waals surface area contributed by atoms with E-state index in [0.717, 1.165) is 5.56 Å². The molecule has 2 aromatic carbocycles. The van der Waals surface area contributed by atoms with Gasteiger partial charge in [0, 0.05) is 5.56 Å². The molecule has 3 rings (SSSR count). The van der Waals surface area contributed by atoms with E-state index in [1.807, 2.05) is 6.08 Å². The van der Waals surface area contributed by atoms with Crippen molar-refractivity contribution in [2.24, 2.45) is 5.92 Å². The topological polar surface area (TPSA) is 0 Å². The Balaban J connectivity index is 1.48. The molecular formula is C25H27F. The molecule has 2 aromatic rings. The second-order valence-electron chi connectivity index (χ2n) is 7.24. The number of aryl methyl sites for hydroxylation is 1. The Morgan fingerprint density at radius 2 is 1.65 bits per heavy atom. The highest BCUT2D eigenvalue weighted by Gasteiger charge is 2.20. The normalized spacial score (nSPS) is 19.9. The van der Waals surface area contributed by atoms with E-state index in [1.54, 1.807) is 12.1 Å². The molecular weight excluding hydrogens is 319 g/mol. The Morgan fingerprint density at radius 1 is 0.962 bits per heavy atom. The molecule has 1 aliphatic rings. The summed E-state index contributed by atoms with van der Waals surface area (Å²) in [6.45, 7) is 2.23. The minimum absolute atomic E-state index is 0.220. The summed E-state index contributed by atoms with van der Waals surface area (Å²) >= 11 is 0. The lowest BCUT2D eigenvalue weighted by molar-refractivity contribution is 0.376. The molecule has 0 bridgehead atoms. The van der Waals surface area contributed by atoms with Crippen molar-refractivity contribution in [3.05, 3.63) is 83.2 Å². The van der Waals surface area contributed by atoms with E-state index in [0.29, 0.717) is 11.8 Å². The number of benzene rings is 2. The Hall–Kier alpha value is -2.33. The van der Waals surface area contributed by atoms with Crippen LogP contribution >= 0.6 is 0 Å². The van der Waals surface area contributed by atoms with Crippen LogP contribution in [0.25, 0.3) is 0 Å². The first-order chi connectivity index (χ1) is 12.7. The fourth-order valence-electron chi connectivity index (χ4n) is 3.73. The van der Waals surface area contributed by atoms with Gasteiger partial charge in [0.1, 0.15) is 5.82 Å². The lowest BCUT2D eigenvalue weighted by Crippen LogP contribution is -2.11. The molecule has 0 N–H and O–H groups in total. The third-order valence-corrected chi connectivity index (χ3v) is 5.27. The molecule has 0 nitrogen and oxygen atoms in total. The summed E-state index contributed by atoms with van der Waals surface area (Å²) in [5.41, 5.74) is 3.81. The lowest BCUT2D eigenvalue weighted by atomic mass is 9.78. The van der Waals surface area contributed by atoms with Gasteiger partial charge < -0.3 is 0 Å². The van der Waals surface area contributed by atoms with Gasteiger partial charge in [-0.2, -0.15) is 0 Å². The maximum absolute atomic E-state index is 12.9. The zero-order valence-corrected chi connectivity index (χ0v) is 15.5. The molecule has 0 atom stereocenters. The highest BCUT2D eigenvalue weighted by Crippen LogP contribution is 2.36. The molecule has 1 fully saturated rings. The van der Waals surface area contributed by atoms with Crippen LogP contribution in [0.15, 0.2) is 60.7 Å². The van der Waals surface area contributed by atoms with Crippen LogP contribution in [0.3, 0.4) is 0 Å². The van der Waals surface area contributed by atoms with Crippen molar-refractivity contribution in [1.82, 2.24) is 0 Å². The fourth-order valence-corrected chi connectivity index (χ4v) is 3.73. The van der Waals surface area contributed by atoms with E-state index in [2.05, 4.69) is 49.1 Å². The number of allylic oxidation sites excluding steroid dienone is 2. The average molecular weight is 346 g/mol. The molecule has 0 spiro atoms. The van der Waals surface area contributed by atoms with Gasteiger partial charge in [0.25, 0.3) is 0 Å². The highest BCUT2D eigenvalue weighted by atomic mass is 19.1. The third kappa shape index (κ3) is 5.33. The maximum atomic E-state index is 12.9. The van der Waals surface area contributed by atoms with Crippen LogP contribution in [0.1, 0.15) is 61.6 Å². The molecule has 0 radical (unpaired) electrons. The molecule has 134 valence electrons. The third-order valence-electron chi connectivity index (χ3n) is 5.27.